The van der Waals surface area contributed by atoms with Crippen molar-refractivity contribution in [2.24, 2.45) is 0 Å². The van der Waals surface area contributed by atoms with Gasteiger partial charge in [0.15, 0.2) is 0 Å². The number of carboxylic acids is 1. The Hall–Kier alpha value is -2.99. The van der Waals surface area contributed by atoms with Crippen molar-refractivity contribution in [3.05, 3.63) is 65.9 Å². The van der Waals surface area contributed by atoms with Crippen LogP contribution in [0, 0.1) is 0 Å². The molecule has 0 fully saturated rings. The number of aliphatic hydroxyl groups excluding tert-OH is 1. The Bertz CT molecular complexity index is 811. The van der Waals surface area contributed by atoms with Crippen molar-refractivity contribution in [3.63, 3.8) is 0 Å². The van der Waals surface area contributed by atoms with Crippen molar-refractivity contribution in [2.45, 2.75) is 13.0 Å². The van der Waals surface area contributed by atoms with Crippen LogP contribution in [0.5, 0.6) is 0 Å². The largest absolute Gasteiger partial charge is 0.481 e. The summed E-state index contributed by atoms with van der Waals surface area (Å²) >= 11 is 0. The van der Waals surface area contributed by atoms with Gasteiger partial charge in [-0.1, -0.05) is 47.7 Å². The zero-order chi connectivity index (χ0) is 16.2. The molecule has 1 aromatic heterocycles. The molecule has 1 heterocycles. The first-order chi connectivity index (χ1) is 11.2. The van der Waals surface area contributed by atoms with Crippen LogP contribution in [0.4, 0.5) is 0 Å². The maximum Gasteiger partial charge on any atom is 0.307 e. The molecular formula is C17H15N3O3. The Morgan fingerprint density at radius 2 is 1.74 bits per heavy atom. The summed E-state index contributed by atoms with van der Waals surface area (Å²) in [6.45, 7) is -0.207. The van der Waals surface area contributed by atoms with Crippen molar-refractivity contribution in [2.75, 3.05) is 0 Å². The lowest BCUT2D eigenvalue weighted by Crippen LogP contribution is -2.02. The molecule has 0 aliphatic carbocycles. The number of hydrogen-bond acceptors (Lipinski definition) is 4. The van der Waals surface area contributed by atoms with Crippen molar-refractivity contribution in [1.82, 2.24) is 15.0 Å². The zero-order valence-corrected chi connectivity index (χ0v) is 12.3. The third-order valence-corrected chi connectivity index (χ3v) is 3.47. The van der Waals surface area contributed by atoms with Gasteiger partial charge in [0.25, 0.3) is 0 Å². The molecule has 0 bridgehead atoms. The van der Waals surface area contributed by atoms with Crippen LogP contribution in [0.3, 0.4) is 0 Å². The van der Waals surface area contributed by atoms with Crippen LogP contribution < -0.4 is 0 Å². The summed E-state index contributed by atoms with van der Waals surface area (Å²) in [5.74, 6) is -0.869. The predicted octanol–water partition coefficient (Wildman–Crippen LogP) is 2.05. The van der Waals surface area contributed by atoms with Gasteiger partial charge in [-0.25, -0.2) is 4.68 Å². The number of hydrogen-bond donors (Lipinski definition) is 2. The first-order valence-corrected chi connectivity index (χ1v) is 7.11. The highest BCUT2D eigenvalue weighted by Gasteiger charge is 2.15. The number of carboxylic acid groups (broad SMARTS) is 1. The van der Waals surface area contributed by atoms with E-state index in [1.807, 2.05) is 30.3 Å². The van der Waals surface area contributed by atoms with E-state index in [1.54, 1.807) is 28.9 Å². The maximum atomic E-state index is 10.7. The topological polar surface area (TPSA) is 88.2 Å². The molecule has 2 N–H and O–H groups in total. The molecule has 23 heavy (non-hydrogen) atoms. The third kappa shape index (κ3) is 3.12. The predicted molar refractivity (Wildman–Crippen MR) is 84.1 cm³/mol. The smallest absolute Gasteiger partial charge is 0.307 e. The van der Waals surface area contributed by atoms with Crippen molar-refractivity contribution < 1.29 is 15.0 Å². The molecule has 0 saturated carbocycles. The highest BCUT2D eigenvalue weighted by Crippen LogP contribution is 2.25. The van der Waals surface area contributed by atoms with Gasteiger partial charge in [-0.2, -0.15) is 0 Å². The van der Waals surface area contributed by atoms with E-state index in [1.165, 1.54) is 0 Å². The van der Waals surface area contributed by atoms with Gasteiger partial charge in [0.1, 0.15) is 11.4 Å². The third-order valence-electron chi connectivity index (χ3n) is 3.47. The molecule has 0 aliphatic rings. The number of carbonyl (C=O) groups is 1. The highest BCUT2D eigenvalue weighted by atomic mass is 16.4. The van der Waals surface area contributed by atoms with Crippen LogP contribution in [-0.2, 0) is 17.8 Å². The Balaban J connectivity index is 2.03. The van der Waals surface area contributed by atoms with E-state index in [0.29, 0.717) is 11.3 Å². The van der Waals surface area contributed by atoms with Gasteiger partial charge < -0.3 is 10.2 Å². The van der Waals surface area contributed by atoms with Crippen LogP contribution in [0.2, 0.25) is 0 Å². The van der Waals surface area contributed by atoms with Gasteiger partial charge >= 0.3 is 5.97 Å². The summed E-state index contributed by atoms with van der Waals surface area (Å²) < 4.78 is 1.64. The van der Waals surface area contributed by atoms with Gasteiger partial charge in [-0.05, 0) is 17.7 Å². The van der Waals surface area contributed by atoms with E-state index in [2.05, 4.69) is 10.3 Å². The second-order valence-electron chi connectivity index (χ2n) is 5.06. The van der Waals surface area contributed by atoms with E-state index >= 15 is 0 Å². The summed E-state index contributed by atoms with van der Waals surface area (Å²) in [6.07, 6.45) is -0.0227. The number of aromatic nitrogens is 3. The van der Waals surface area contributed by atoms with Crippen LogP contribution >= 0.6 is 0 Å². The minimum absolute atomic E-state index is 0.0227. The standard InChI is InChI=1S/C17H15N3O3/c21-11-15-17(13-4-2-1-3-5-13)20(19-18-15)14-8-6-12(7-9-14)10-16(22)23/h1-9,21H,10-11H2,(H,22,23). The Morgan fingerprint density at radius 1 is 1.04 bits per heavy atom. The number of aliphatic hydroxyl groups is 1. The maximum absolute atomic E-state index is 10.7. The second-order valence-corrected chi connectivity index (χ2v) is 5.06. The van der Waals surface area contributed by atoms with Crippen LogP contribution in [0.15, 0.2) is 54.6 Å². The second kappa shape index (κ2) is 6.41. The fraction of sp³-hybridized carbons (Fsp3) is 0.118. The first-order valence-electron chi connectivity index (χ1n) is 7.11. The van der Waals surface area contributed by atoms with Crippen molar-refractivity contribution in [3.8, 4) is 16.9 Å². The lowest BCUT2D eigenvalue weighted by Gasteiger charge is -2.08. The quantitative estimate of drug-likeness (QED) is 0.753. The molecule has 0 unspecified atom stereocenters. The van der Waals surface area contributed by atoms with Crippen molar-refractivity contribution in [1.29, 1.82) is 0 Å². The molecule has 6 heteroatoms. The summed E-state index contributed by atoms with van der Waals surface area (Å²) in [7, 11) is 0. The molecular weight excluding hydrogens is 294 g/mol. The number of nitrogens with zero attached hydrogens (tertiary/aromatic N) is 3. The molecule has 0 spiro atoms. The fourth-order valence-electron chi connectivity index (χ4n) is 2.41. The molecule has 0 atom stereocenters. The Labute approximate surface area is 132 Å². The normalized spacial score (nSPS) is 10.7. The SMILES string of the molecule is O=C(O)Cc1ccc(-n2nnc(CO)c2-c2ccccc2)cc1. The van der Waals surface area contributed by atoms with Gasteiger partial charge in [-0.3, -0.25) is 4.79 Å². The van der Waals surface area contributed by atoms with E-state index in [4.69, 9.17) is 5.11 Å². The molecule has 116 valence electrons. The molecule has 6 nitrogen and oxygen atoms in total. The summed E-state index contributed by atoms with van der Waals surface area (Å²) in [5.41, 5.74) is 3.58. The first kappa shape index (κ1) is 14.9. The Kier molecular flexibility index (Phi) is 4.16. The summed E-state index contributed by atoms with van der Waals surface area (Å²) in [5, 5.41) is 26.5. The minimum atomic E-state index is -0.869. The highest BCUT2D eigenvalue weighted by molar-refractivity contribution is 5.70. The summed E-state index contributed by atoms with van der Waals surface area (Å²) in [6, 6.07) is 16.7. The minimum Gasteiger partial charge on any atom is -0.481 e. The number of benzene rings is 2. The van der Waals surface area contributed by atoms with E-state index < -0.39 is 5.97 Å². The monoisotopic (exact) mass is 309 g/mol. The zero-order valence-electron chi connectivity index (χ0n) is 12.3. The molecule has 0 saturated heterocycles. The summed E-state index contributed by atoms with van der Waals surface area (Å²) in [4.78, 5) is 10.7. The van der Waals surface area contributed by atoms with E-state index in [0.717, 1.165) is 16.9 Å². The van der Waals surface area contributed by atoms with Gasteiger partial charge in [0, 0.05) is 5.56 Å². The molecule has 0 amide bonds. The van der Waals surface area contributed by atoms with Gasteiger partial charge in [-0.15, -0.1) is 5.10 Å². The lowest BCUT2D eigenvalue weighted by atomic mass is 10.1. The van der Waals surface area contributed by atoms with Crippen LogP contribution in [0.25, 0.3) is 16.9 Å². The molecule has 0 aliphatic heterocycles. The Morgan fingerprint density at radius 3 is 2.35 bits per heavy atom. The molecule has 3 rings (SSSR count). The van der Waals surface area contributed by atoms with Gasteiger partial charge in [0.05, 0.1) is 18.7 Å². The average molecular weight is 309 g/mol. The fourth-order valence-corrected chi connectivity index (χ4v) is 2.41. The molecule has 2 aromatic carbocycles. The average Bonchev–Trinajstić information content (AvgIpc) is 3.00. The van der Waals surface area contributed by atoms with E-state index in [-0.39, 0.29) is 13.0 Å². The van der Waals surface area contributed by atoms with Crippen molar-refractivity contribution >= 4 is 5.97 Å². The van der Waals surface area contributed by atoms with Crippen LogP contribution in [0.1, 0.15) is 11.3 Å². The number of aliphatic carboxylic acids is 1. The van der Waals surface area contributed by atoms with E-state index in [9.17, 15) is 9.90 Å². The lowest BCUT2D eigenvalue weighted by molar-refractivity contribution is -0.136. The molecule has 3 aromatic rings. The van der Waals surface area contributed by atoms with Crippen LogP contribution in [-0.4, -0.2) is 31.2 Å². The number of rotatable bonds is 5. The van der Waals surface area contributed by atoms with Gasteiger partial charge in [0.2, 0.25) is 0 Å². The molecule has 0 radical (unpaired) electrons.